The zero-order chi connectivity index (χ0) is 11.4. The minimum atomic E-state index is 0.375. The number of methoxy groups -OCH3 is 1. The third-order valence-corrected chi connectivity index (χ3v) is 3.05. The molecule has 1 aliphatic heterocycles. The van der Waals surface area contributed by atoms with Crippen molar-refractivity contribution < 1.29 is 4.74 Å². The monoisotopic (exact) mass is 224 g/mol. The molecular formula is C11H20N4O. The van der Waals surface area contributed by atoms with Gasteiger partial charge in [-0.1, -0.05) is 0 Å². The lowest BCUT2D eigenvalue weighted by molar-refractivity contribution is 0.183. The molecular weight excluding hydrogens is 204 g/mol. The standard InChI is InChI=1S/C11H20N4O/c1-16-7-6-15-9-11(8-13-15)14-4-2-10(12)3-5-14/h8-10H,2-7,12H2,1H3. The molecule has 0 amide bonds. The van der Waals surface area contributed by atoms with E-state index >= 15 is 0 Å². The van der Waals surface area contributed by atoms with Gasteiger partial charge in [0.25, 0.3) is 0 Å². The van der Waals surface area contributed by atoms with Crippen molar-refractivity contribution >= 4 is 5.69 Å². The largest absolute Gasteiger partial charge is 0.383 e. The average molecular weight is 224 g/mol. The number of nitrogens with zero attached hydrogens (tertiary/aromatic N) is 3. The van der Waals surface area contributed by atoms with Crippen molar-refractivity contribution in [1.29, 1.82) is 0 Å². The van der Waals surface area contributed by atoms with Gasteiger partial charge in [-0.05, 0) is 12.8 Å². The fourth-order valence-electron chi connectivity index (χ4n) is 1.98. The van der Waals surface area contributed by atoms with E-state index in [9.17, 15) is 0 Å². The molecule has 5 heteroatoms. The quantitative estimate of drug-likeness (QED) is 0.807. The number of aromatic nitrogens is 2. The number of rotatable bonds is 4. The average Bonchev–Trinajstić information content (AvgIpc) is 2.76. The molecule has 0 atom stereocenters. The Labute approximate surface area is 96.2 Å². The van der Waals surface area contributed by atoms with Gasteiger partial charge in [-0.3, -0.25) is 4.68 Å². The SMILES string of the molecule is COCCn1cc(N2CCC(N)CC2)cn1. The molecule has 5 nitrogen and oxygen atoms in total. The van der Waals surface area contributed by atoms with E-state index in [-0.39, 0.29) is 0 Å². The van der Waals surface area contributed by atoms with Crippen molar-refractivity contribution in [3.05, 3.63) is 12.4 Å². The zero-order valence-corrected chi connectivity index (χ0v) is 9.80. The third-order valence-electron chi connectivity index (χ3n) is 3.05. The highest BCUT2D eigenvalue weighted by molar-refractivity contribution is 5.42. The lowest BCUT2D eigenvalue weighted by Crippen LogP contribution is -2.39. The Morgan fingerprint density at radius 3 is 2.94 bits per heavy atom. The van der Waals surface area contributed by atoms with Gasteiger partial charge in [-0.15, -0.1) is 0 Å². The predicted molar refractivity (Wildman–Crippen MR) is 63.5 cm³/mol. The Balaban J connectivity index is 1.91. The second-order valence-electron chi connectivity index (χ2n) is 4.28. The summed E-state index contributed by atoms with van der Waals surface area (Å²) >= 11 is 0. The maximum atomic E-state index is 5.88. The van der Waals surface area contributed by atoms with Crippen molar-refractivity contribution in [3.8, 4) is 0 Å². The number of ether oxygens (including phenoxy) is 1. The van der Waals surface area contributed by atoms with Crippen LogP contribution in [0.1, 0.15) is 12.8 Å². The van der Waals surface area contributed by atoms with Crippen LogP contribution >= 0.6 is 0 Å². The van der Waals surface area contributed by atoms with Crippen LogP contribution in [0.4, 0.5) is 5.69 Å². The summed E-state index contributed by atoms with van der Waals surface area (Å²) in [5.41, 5.74) is 7.08. The Hall–Kier alpha value is -1.07. The van der Waals surface area contributed by atoms with Crippen molar-refractivity contribution in [2.75, 3.05) is 31.7 Å². The van der Waals surface area contributed by atoms with Gasteiger partial charge in [0, 0.05) is 32.4 Å². The molecule has 0 aliphatic carbocycles. The van der Waals surface area contributed by atoms with E-state index in [2.05, 4.69) is 16.2 Å². The highest BCUT2D eigenvalue weighted by atomic mass is 16.5. The molecule has 0 aromatic carbocycles. The molecule has 1 aromatic heterocycles. The number of hydrogen-bond acceptors (Lipinski definition) is 4. The number of anilines is 1. The molecule has 1 fully saturated rings. The molecule has 2 rings (SSSR count). The summed E-state index contributed by atoms with van der Waals surface area (Å²) in [4.78, 5) is 2.35. The van der Waals surface area contributed by atoms with E-state index < -0.39 is 0 Å². The Bertz CT molecular complexity index is 318. The van der Waals surface area contributed by atoms with Crippen molar-refractivity contribution in [2.24, 2.45) is 5.73 Å². The predicted octanol–water partition coefficient (Wildman–Crippen LogP) is 0.457. The van der Waals surface area contributed by atoms with E-state index in [0.717, 1.165) is 32.5 Å². The van der Waals surface area contributed by atoms with Crippen LogP contribution in [-0.4, -0.2) is 42.6 Å². The fraction of sp³-hybridized carbons (Fsp3) is 0.727. The zero-order valence-electron chi connectivity index (χ0n) is 9.80. The van der Waals surface area contributed by atoms with Gasteiger partial charge in [-0.2, -0.15) is 5.10 Å². The van der Waals surface area contributed by atoms with Gasteiger partial charge in [-0.25, -0.2) is 0 Å². The van der Waals surface area contributed by atoms with Crippen LogP contribution in [-0.2, 0) is 11.3 Å². The normalized spacial score (nSPS) is 18.0. The van der Waals surface area contributed by atoms with Crippen LogP contribution in [0.15, 0.2) is 12.4 Å². The summed E-state index contributed by atoms with van der Waals surface area (Å²) in [7, 11) is 1.70. The molecule has 0 unspecified atom stereocenters. The summed E-state index contributed by atoms with van der Waals surface area (Å²) in [5.74, 6) is 0. The molecule has 0 bridgehead atoms. The topological polar surface area (TPSA) is 56.3 Å². The van der Waals surface area contributed by atoms with E-state index in [1.165, 1.54) is 5.69 Å². The molecule has 1 aliphatic rings. The van der Waals surface area contributed by atoms with Crippen molar-refractivity contribution in [3.63, 3.8) is 0 Å². The molecule has 1 saturated heterocycles. The third kappa shape index (κ3) is 2.74. The van der Waals surface area contributed by atoms with Gasteiger partial charge >= 0.3 is 0 Å². The Kier molecular flexibility index (Phi) is 3.79. The molecule has 16 heavy (non-hydrogen) atoms. The van der Waals surface area contributed by atoms with Crippen molar-refractivity contribution in [2.45, 2.75) is 25.4 Å². The second kappa shape index (κ2) is 5.32. The molecule has 90 valence electrons. The molecule has 0 saturated carbocycles. The van der Waals surface area contributed by atoms with Gasteiger partial charge in [0.2, 0.25) is 0 Å². The van der Waals surface area contributed by atoms with Crippen molar-refractivity contribution in [1.82, 2.24) is 9.78 Å². The second-order valence-corrected chi connectivity index (χ2v) is 4.28. The first-order chi connectivity index (χ1) is 7.79. The first kappa shape index (κ1) is 11.4. The van der Waals surface area contributed by atoms with Crippen LogP contribution in [0, 0.1) is 0 Å². The summed E-state index contributed by atoms with van der Waals surface area (Å²) < 4.78 is 6.95. The minimum absolute atomic E-state index is 0.375. The molecule has 0 spiro atoms. The van der Waals surface area contributed by atoms with E-state index in [1.807, 2.05) is 10.9 Å². The van der Waals surface area contributed by atoms with E-state index in [1.54, 1.807) is 7.11 Å². The first-order valence-electron chi connectivity index (χ1n) is 5.81. The Morgan fingerprint density at radius 2 is 2.25 bits per heavy atom. The highest BCUT2D eigenvalue weighted by Crippen LogP contribution is 2.18. The summed E-state index contributed by atoms with van der Waals surface area (Å²) in [6.45, 7) is 3.59. The van der Waals surface area contributed by atoms with Crippen LogP contribution in [0.3, 0.4) is 0 Å². The number of nitrogens with two attached hydrogens (primary N) is 1. The highest BCUT2D eigenvalue weighted by Gasteiger charge is 2.17. The maximum Gasteiger partial charge on any atom is 0.0752 e. The summed E-state index contributed by atoms with van der Waals surface area (Å²) in [5, 5.41) is 4.31. The van der Waals surface area contributed by atoms with Crippen LogP contribution in [0.2, 0.25) is 0 Å². The maximum absolute atomic E-state index is 5.88. The molecule has 1 aromatic rings. The fourth-order valence-corrected chi connectivity index (χ4v) is 1.98. The van der Waals surface area contributed by atoms with Gasteiger partial charge in [0.15, 0.2) is 0 Å². The van der Waals surface area contributed by atoms with E-state index in [4.69, 9.17) is 10.5 Å². The van der Waals surface area contributed by atoms with Crippen LogP contribution in [0.5, 0.6) is 0 Å². The van der Waals surface area contributed by atoms with E-state index in [0.29, 0.717) is 12.6 Å². The summed E-state index contributed by atoms with van der Waals surface area (Å²) in [6, 6.07) is 0.375. The minimum Gasteiger partial charge on any atom is -0.383 e. The van der Waals surface area contributed by atoms with Gasteiger partial charge in [0.05, 0.1) is 25.0 Å². The van der Waals surface area contributed by atoms with Gasteiger partial charge < -0.3 is 15.4 Å². The lowest BCUT2D eigenvalue weighted by Gasteiger charge is -2.30. The van der Waals surface area contributed by atoms with Crippen LogP contribution < -0.4 is 10.6 Å². The Morgan fingerprint density at radius 1 is 1.50 bits per heavy atom. The molecule has 2 heterocycles. The molecule has 0 radical (unpaired) electrons. The smallest absolute Gasteiger partial charge is 0.0752 e. The molecule has 2 N–H and O–H groups in total. The first-order valence-corrected chi connectivity index (χ1v) is 5.81. The number of piperidine rings is 1. The summed E-state index contributed by atoms with van der Waals surface area (Å²) in [6.07, 6.45) is 6.15. The lowest BCUT2D eigenvalue weighted by atomic mass is 10.1. The van der Waals surface area contributed by atoms with Crippen LogP contribution in [0.25, 0.3) is 0 Å². The number of hydrogen-bond donors (Lipinski definition) is 1. The van der Waals surface area contributed by atoms with Gasteiger partial charge in [0.1, 0.15) is 0 Å².